The maximum atomic E-state index is 13.7. The van der Waals surface area contributed by atoms with E-state index in [0.29, 0.717) is 10.2 Å². The van der Waals surface area contributed by atoms with Crippen LogP contribution in [0.2, 0.25) is 0 Å². The second kappa shape index (κ2) is 9.57. The molecule has 0 aliphatic carbocycles. The smallest absolute Gasteiger partial charge is 0.417 e. The number of aromatic nitrogens is 3. The fourth-order valence-electron chi connectivity index (χ4n) is 3.86. The Morgan fingerprint density at radius 1 is 1.26 bits per heavy atom. The number of amides is 2. The van der Waals surface area contributed by atoms with Gasteiger partial charge in [-0.2, -0.15) is 18.3 Å². The van der Waals surface area contributed by atoms with Crippen LogP contribution in [0.15, 0.2) is 39.5 Å². The first-order valence-electron chi connectivity index (χ1n) is 10.8. The Morgan fingerprint density at radius 2 is 1.97 bits per heavy atom. The number of H-pyrrole nitrogens is 1. The number of hydrogen-bond acceptors (Lipinski definition) is 7. The van der Waals surface area contributed by atoms with Gasteiger partial charge in [-0.25, -0.2) is 13.9 Å². The molecule has 11 nitrogen and oxygen atoms in total. The van der Waals surface area contributed by atoms with Gasteiger partial charge in [0.2, 0.25) is 0 Å². The molecule has 4 aromatic rings. The van der Waals surface area contributed by atoms with Gasteiger partial charge in [-0.15, -0.1) is 0 Å². The van der Waals surface area contributed by atoms with Crippen molar-refractivity contribution in [3.05, 3.63) is 63.4 Å². The number of benzene rings is 2. The third kappa shape index (κ3) is 4.65. The molecule has 15 heteroatoms. The van der Waals surface area contributed by atoms with Gasteiger partial charge in [0, 0.05) is 12.1 Å². The van der Waals surface area contributed by atoms with E-state index in [1.54, 1.807) is 0 Å². The van der Waals surface area contributed by atoms with Crippen molar-refractivity contribution in [1.29, 1.82) is 0 Å². The average molecular weight is 536 g/mol. The van der Waals surface area contributed by atoms with Crippen LogP contribution >= 0.6 is 0 Å². The monoisotopic (exact) mass is 536 g/mol. The normalized spacial score (nSPS) is 12.5. The summed E-state index contributed by atoms with van der Waals surface area (Å²) >= 11 is 0. The number of halogens is 4. The zero-order chi connectivity index (χ0) is 27.9. The zero-order valence-corrected chi connectivity index (χ0v) is 19.8. The van der Waals surface area contributed by atoms with E-state index in [2.05, 4.69) is 15.4 Å². The Hall–Kier alpha value is -4.82. The van der Waals surface area contributed by atoms with E-state index in [1.165, 1.54) is 25.3 Å². The summed E-state index contributed by atoms with van der Waals surface area (Å²) in [6.07, 6.45) is -4.74. The van der Waals surface area contributed by atoms with Crippen molar-refractivity contribution in [2.45, 2.75) is 25.7 Å². The molecule has 0 saturated heterocycles. The van der Waals surface area contributed by atoms with Crippen molar-refractivity contribution in [2.75, 3.05) is 12.8 Å². The lowest BCUT2D eigenvalue weighted by Crippen LogP contribution is -2.26. The molecule has 200 valence electrons. The number of nitrogens with zero attached hydrogens (tertiary/aromatic N) is 2. The van der Waals surface area contributed by atoms with E-state index in [4.69, 9.17) is 20.6 Å². The molecule has 0 bridgehead atoms. The van der Waals surface area contributed by atoms with Gasteiger partial charge in [0.05, 0.1) is 18.2 Å². The molecule has 2 aromatic heterocycles. The number of nitrogens with one attached hydrogen (secondary N) is 2. The number of aromatic amines is 1. The molecule has 0 radical (unpaired) electrons. The molecular formula is C23H20F4N6O5. The lowest BCUT2D eigenvalue weighted by atomic mass is 10.0. The Bertz CT molecular complexity index is 1620. The summed E-state index contributed by atoms with van der Waals surface area (Å²) in [4.78, 5) is 39.3. The molecule has 1 atom stereocenters. The molecule has 2 heterocycles. The molecule has 4 rings (SSSR count). The van der Waals surface area contributed by atoms with E-state index in [0.717, 1.165) is 19.1 Å². The molecule has 2 aromatic carbocycles. The second-order valence-electron chi connectivity index (χ2n) is 8.15. The van der Waals surface area contributed by atoms with Gasteiger partial charge < -0.3 is 25.9 Å². The summed E-state index contributed by atoms with van der Waals surface area (Å²) in [5.41, 5.74) is 10.4. The molecular weight excluding hydrogens is 516 g/mol. The van der Waals surface area contributed by atoms with Crippen molar-refractivity contribution in [2.24, 2.45) is 5.73 Å². The van der Waals surface area contributed by atoms with Crippen LogP contribution in [0.5, 0.6) is 5.75 Å². The van der Waals surface area contributed by atoms with Gasteiger partial charge in [-0.3, -0.25) is 14.6 Å². The Morgan fingerprint density at radius 3 is 2.61 bits per heavy atom. The minimum absolute atomic E-state index is 0.0474. The molecule has 6 N–H and O–H groups in total. The minimum atomic E-state index is -4.74. The highest BCUT2D eigenvalue weighted by Gasteiger charge is 2.40. The van der Waals surface area contributed by atoms with Gasteiger partial charge in [0.25, 0.3) is 11.8 Å². The van der Waals surface area contributed by atoms with Gasteiger partial charge >= 0.3 is 11.9 Å². The number of carbonyl (C=O) groups excluding carboxylic acids is 2. The highest BCUT2D eigenvalue weighted by Crippen LogP contribution is 2.37. The second-order valence-corrected chi connectivity index (χ2v) is 8.15. The lowest BCUT2D eigenvalue weighted by Gasteiger charge is -2.17. The molecule has 38 heavy (non-hydrogen) atoms. The first kappa shape index (κ1) is 26.2. The van der Waals surface area contributed by atoms with Crippen molar-refractivity contribution >= 4 is 28.7 Å². The third-order valence-electron chi connectivity index (χ3n) is 5.80. The van der Waals surface area contributed by atoms with Gasteiger partial charge in [0.15, 0.2) is 5.58 Å². The van der Waals surface area contributed by atoms with E-state index >= 15 is 0 Å². The van der Waals surface area contributed by atoms with E-state index in [-0.39, 0.29) is 40.2 Å². The first-order valence-corrected chi connectivity index (χ1v) is 10.8. The minimum Gasteiger partial charge on any atom is -0.496 e. The summed E-state index contributed by atoms with van der Waals surface area (Å²) in [5, 5.41) is 6.44. The third-order valence-corrected chi connectivity index (χ3v) is 5.80. The molecule has 0 aliphatic rings. The number of alkyl halides is 3. The van der Waals surface area contributed by atoms with Gasteiger partial charge in [-0.05, 0) is 36.8 Å². The highest BCUT2D eigenvalue weighted by atomic mass is 19.4. The summed E-state index contributed by atoms with van der Waals surface area (Å²) < 4.78 is 64.4. The topological polar surface area (TPSA) is 171 Å². The predicted octanol–water partition coefficient (Wildman–Crippen LogP) is 2.87. The zero-order valence-electron chi connectivity index (χ0n) is 19.8. The summed E-state index contributed by atoms with van der Waals surface area (Å²) in [6, 6.07) is 3.93. The number of hydrogen-bond donors (Lipinski definition) is 4. The first-order chi connectivity index (χ1) is 17.8. The number of rotatable bonds is 7. The van der Waals surface area contributed by atoms with Gasteiger partial charge in [0.1, 0.15) is 34.7 Å². The van der Waals surface area contributed by atoms with Crippen LogP contribution in [0.3, 0.4) is 0 Å². The molecule has 0 saturated carbocycles. The number of oxazole rings is 1. The number of primary amides is 1. The largest absolute Gasteiger partial charge is 0.496 e. The van der Waals surface area contributed by atoms with Crippen molar-refractivity contribution < 1.29 is 36.3 Å². The lowest BCUT2D eigenvalue weighted by molar-refractivity contribution is -0.164. The molecule has 0 aliphatic heterocycles. The number of nitrogen functional groups attached to an aromatic ring is 1. The Balaban J connectivity index is 1.76. The molecule has 0 fully saturated rings. The Kier molecular flexibility index (Phi) is 6.61. The molecule has 1 unspecified atom stereocenters. The summed E-state index contributed by atoms with van der Waals surface area (Å²) in [5.74, 6) is -3.92. The number of carbonyl (C=O) groups is 2. The molecule has 0 spiro atoms. The quantitative estimate of drug-likeness (QED) is 0.263. The molecule has 2 amide bonds. The summed E-state index contributed by atoms with van der Waals surface area (Å²) in [7, 11) is 1.31. The fourth-order valence-corrected chi connectivity index (χ4v) is 3.86. The van der Waals surface area contributed by atoms with E-state index in [1.807, 2.05) is 0 Å². The standard InChI is InChI=1S/C23H20F4N6O5/c1-9(23(25,26)27)33-19(28)15(20(29)34)17(32-33)12-5-3-10(16-18(12)38-22(36)31-16)8-30-21(35)13-7-11(24)4-6-14(13)37-2/h3-7,9H,8,28H2,1-2H3,(H2,29,34)(H,30,35)(H,31,36). The number of nitrogens with two attached hydrogens (primary N) is 2. The van der Waals surface area contributed by atoms with Crippen LogP contribution in [0.25, 0.3) is 22.4 Å². The fraction of sp³-hybridized carbons (Fsp3) is 0.217. The van der Waals surface area contributed by atoms with Crippen LogP contribution in [-0.2, 0) is 6.54 Å². The van der Waals surface area contributed by atoms with Gasteiger partial charge in [-0.1, -0.05) is 6.07 Å². The van der Waals surface area contributed by atoms with Crippen LogP contribution in [0.4, 0.5) is 23.4 Å². The van der Waals surface area contributed by atoms with Crippen LogP contribution in [0, 0.1) is 5.82 Å². The number of methoxy groups -OCH3 is 1. The van der Waals surface area contributed by atoms with Crippen molar-refractivity contribution in [3.63, 3.8) is 0 Å². The maximum Gasteiger partial charge on any atom is 0.417 e. The maximum absolute atomic E-state index is 13.7. The number of ether oxygens (including phenoxy) is 1. The van der Waals surface area contributed by atoms with Crippen LogP contribution in [-0.4, -0.2) is 39.9 Å². The van der Waals surface area contributed by atoms with Crippen molar-refractivity contribution in [3.8, 4) is 17.0 Å². The van der Waals surface area contributed by atoms with Crippen LogP contribution in [0.1, 0.15) is 39.2 Å². The summed E-state index contributed by atoms with van der Waals surface area (Å²) in [6.45, 7) is 0.610. The predicted molar refractivity (Wildman–Crippen MR) is 126 cm³/mol. The van der Waals surface area contributed by atoms with Crippen LogP contribution < -0.4 is 27.3 Å². The number of fused-ring (bicyclic) bond motifs is 1. The SMILES string of the molecule is COc1ccc(F)cc1C(=O)NCc1ccc(-c2nn(C(C)C(F)(F)F)c(N)c2C(N)=O)c2oc(=O)[nH]c12. The van der Waals surface area contributed by atoms with E-state index in [9.17, 15) is 31.9 Å². The van der Waals surface area contributed by atoms with E-state index < -0.39 is 47.0 Å². The average Bonchev–Trinajstić information content (AvgIpc) is 3.40. The van der Waals surface area contributed by atoms with Crippen molar-refractivity contribution in [1.82, 2.24) is 20.1 Å². The Labute approximate surface area is 210 Å². The number of anilines is 1. The highest BCUT2D eigenvalue weighted by molar-refractivity contribution is 6.06.